The maximum atomic E-state index is 12.8. The average molecular weight is 367 g/mol. The van der Waals surface area contributed by atoms with Crippen molar-refractivity contribution in [1.82, 2.24) is 20.1 Å². The van der Waals surface area contributed by atoms with Gasteiger partial charge in [0, 0.05) is 50.7 Å². The second-order valence-corrected chi connectivity index (χ2v) is 7.57. The lowest BCUT2D eigenvalue weighted by Gasteiger charge is -2.34. The van der Waals surface area contributed by atoms with Crippen LogP contribution in [0.5, 0.6) is 0 Å². The van der Waals surface area contributed by atoms with Gasteiger partial charge in [0.05, 0.1) is 0 Å². The lowest BCUT2D eigenvalue weighted by atomic mass is 10.0. The number of likely N-dealkylation sites (tertiary alicyclic amines) is 1. The molecule has 0 spiro atoms. The van der Waals surface area contributed by atoms with Crippen molar-refractivity contribution < 1.29 is 4.79 Å². The number of amides is 2. The minimum atomic E-state index is 0.0235. The van der Waals surface area contributed by atoms with Gasteiger partial charge in [-0.3, -0.25) is 9.88 Å². The molecule has 2 amide bonds. The maximum Gasteiger partial charge on any atom is 0.318 e. The minimum Gasteiger partial charge on any atom is -0.335 e. The number of benzene rings is 1. The molecule has 0 atom stereocenters. The lowest BCUT2D eigenvalue weighted by molar-refractivity contribution is 0.158. The number of urea groups is 1. The van der Waals surface area contributed by atoms with E-state index in [-0.39, 0.29) is 18.1 Å². The summed E-state index contributed by atoms with van der Waals surface area (Å²) in [6.07, 6.45) is 5.58. The van der Waals surface area contributed by atoms with Crippen molar-refractivity contribution in [2.75, 3.05) is 13.1 Å². The maximum absolute atomic E-state index is 12.8. The van der Waals surface area contributed by atoms with E-state index in [0.717, 1.165) is 38.0 Å². The Morgan fingerprint density at radius 2 is 1.85 bits per heavy atom. The van der Waals surface area contributed by atoms with E-state index in [1.807, 2.05) is 23.2 Å². The molecule has 3 rings (SSSR count). The van der Waals surface area contributed by atoms with Gasteiger partial charge in [0.15, 0.2) is 0 Å². The van der Waals surface area contributed by atoms with Crippen LogP contribution < -0.4 is 5.32 Å². The number of piperidine rings is 1. The standard InChI is InChI=1S/C22H30N4O/c1-18(2)26(17-20-9-6-12-23-15-20)22(27)24-21-10-13-25(14-11-21)16-19-7-4-3-5-8-19/h3-9,12,15,18,21H,10-11,13-14,16-17H2,1-2H3,(H,24,27). The highest BCUT2D eigenvalue weighted by molar-refractivity contribution is 5.74. The molecule has 2 aromatic rings. The van der Waals surface area contributed by atoms with Crippen LogP contribution in [0.4, 0.5) is 4.79 Å². The Bertz CT molecular complexity index is 697. The van der Waals surface area contributed by atoms with Crippen molar-refractivity contribution in [3.8, 4) is 0 Å². The molecule has 0 saturated carbocycles. The molecule has 5 heteroatoms. The van der Waals surface area contributed by atoms with Gasteiger partial charge < -0.3 is 10.2 Å². The number of carbonyl (C=O) groups is 1. The summed E-state index contributed by atoms with van der Waals surface area (Å²) in [5, 5.41) is 3.24. The van der Waals surface area contributed by atoms with Crippen molar-refractivity contribution in [3.63, 3.8) is 0 Å². The topological polar surface area (TPSA) is 48.5 Å². The number of nitrogens with zero attached hydrogens (tertiary/aromatic N) is 3. The van der Waals surface area contributed by atoms with Crippen molar-refractivity contribution >= 4 is 6.03 Å². The van der Waals surface area contributed by atoms with Crippen molar-refractivity contribution in [1.29, 1.82) is 0 Å². The summed E-state index contributed by atoms with van der Waals surface area (Å²) in [7, 11) is 0. The molecular formula is C22H30N4O. The Morgan fingerprint density at radius 3 is 2.48 bits per heavy atom. The van der Waals surface area contributed by atoms with Gasteiger partial charge >= 0.3 is 6.03 Å². The van der Waals surface area contributed by atoms with Crippen LogP contribution in [0.1, 0.15) is 37.8 Å². The summed E-state index contributed by atoms with van der Waals surface area (Å²) in [6, 6.07) is 14.9. The number of rotatable bonds is 6. The third-order valence-electron chi connectivity index (χ3n) is 5.12. The van der Waals surface area contributed by atoms with E-state index in [1.54, 1.807) is 6.20 Å². The zero-order valence-electron chi connectivity index (χ0n) is 16.3. The van der Waals surface area contributed by atoms with E-state index in [9.17, 15) is 4.79 Å². The predicted octanol–water partition coefficient (Wildman–Crippen LogP) is 3.67. The fourth-order valence-corrected chi connectivity index (χ4v) is 3.51. The Labute approximate surface area is 162 Å². The number of hydrogen-bond acceptors (Lipinski definition) is 3. The van der Waals surface area contributed by atoms with Crippen molar-refractivity contribution in [3.05, 3.63) is 66.0 Å². The van der Waals surface area contributed by atoms with Gasteiger partial charge in [0.25, 0.3) is 0 Å². The molecule has 1 aliphatic heterocycles. The van der Waals surface area contributed by atoms with E-state index in [1.165, 1.54) is 5.56 Å². The van der Waals surface area contributed by atoms with Gasteiger partial charge in [-0.2, -0.15) is 0 Å². The SMILES string of the molecule is CC(C)N(Cc1cccnc1)C(=O)NC1CCN(Cc2ccccc2)CC1. The minimum absolute atomic E-state index is 0.0235. The van der Waals surface area contributed by atoms with Crippen LogP contribution in [-0.2, 0) is 13.1 Å². The Hall–Kier alpha value is -2.40. The Balaban J connectivity index is 1.48. The third kappa shape index (κ3) is 5.79. The van der Waals surface area contributed by atoms with E-state index in [2.05, 4.69) is 59.4 Å². The van der Waals surface area contributed by atoms with E-state index in [0.29, 0.717) is 6.54 Å². The summed E-state index contributed by atoms with van der Waals surface area (Å²) in [5.74, 6) is 0. The third-order valence-corrected chi connectivity index (χ3v) is 5.12. The second kappa shape index (κ2) is 9.51. The molecule has 5 nitrogen and oxygen atoms in total. The highest BCUT2D eigenvalue weighted by atomic mass is 16.2. The number of carbonyl (C=O) groups excluding carboxylic acids is 1. The fourth-order valence-electron chi connectivity index (χ4n) is 3.51. The van der Waals surface area contributed by atoms with E-state index < -0.39 is 0 Å². The number of aromatic nitrogens is 1. The first kappa shape index (κ1) is 19.4. The van der Waals surface area contributed by atoms with Gasteiger partial charge in [0.1, 0.15) is 0 Å². The van der Waals surface area contributed by atoms with Crippen LogP contribution in [0.2, 0.25) is 0 Å². The molecule has 1 fully saturated rings. The predicted molar refractivity (Wildman–Crippen MR) is 108 cm³/mol. The first-order valence-corrected chi connectivity index (χ1v) is 9.84. The van der Waals surface area contributed by atoms with Gasteiger partial charge in [0.2, 0.25) is 0 Å². The van der Waals surface area contributed by atoms with Crippen LogP contribution >= 0.6 is 0 Å². The lowest BCUT2D eigenvalue weighted by Crippen LogP contribution is -2.50. The fraction of sp³-hybridized carbons (Fsp3) is 0.455. The van der Waals surface area contributed by atoms with Crippen LogP contribution in [0, 0.1) is 0 Å². The first-order chi connectivity index (χ1) is 13.1. The summed E-state index contributed by atoms with van der Waals surface area (Å²) >= 11 is 0. The molecule has 0 unspecified atom stereocenters. The van der Waals surface area contributed by atoms with Crippen LogP contribution in [-0.4, -0.2) is 46.0 Å². The number of hydrogen-bond donors (Lipinski definition) is 1. The molecular weight excluding hydrogens is 336 g/mol. The first-order valence-electron chi connectivity index (χ1n) is 9.84. The number of nitrogens with one attached hydrogen (secondary N) is 1. The van der Waals surface area contributed by atoms with Crippen LogP contribution in [0.15, 0.2) is 54.9 Å². The van der Waals surface area contributed by atoms with Gasteiger partial charge in [-0.25, -0.2) is 4.79 Å². The summed E-state index contributed by atoms with van der Waals surface area (Å²) in [6.45, 7) is 7.72. The molecule has 0 aliphatic carbocycles. The highest BCUT2D eigenvalue weighted by Crippen LogP contribution is 2.15. The van der Waals surface area contributed by atoms with Gasteiger partial charge in [-0.1, -0.05) is 36.4 Å². The Morgan fingerprint density at radius 1 is 1.15 bits per heavy atom. The molecule has 27 heavy (non-hydrogen) atoms. The zero-order valence-corrected chi connectivity index (χ0v) is 16.3. The molecule has 0 bridgehead atoms. The summed E-state index contributed by atoms with van der Waals surface area (Å²) < 4.78 is 0. The van der Waals surface area contributed by atoms with Gasteiger partial charge in [-0.15, -0.1) is 0 Å². The summed E-state index contributed by atoms with van der Waals surface area (Å²) in [5.41, 5.74) is 2.40. The van der Waals surface area contributed by atoms with Crippen molar-refractivity contribution in [2.45, 2.75) is 51.9 Å². The largest absolute Gasteiger partial charge is 0.335 e. The molecule has 1 saturated heterocycles. The Kier molecular flexibility index (Phi) is 6.82. The quantitative estimate of drug-likeness (QED) is 0.849. The average Bonchev–Trinajstić information content (AvgIpc) is 2.69. The molecule has 1 aliphatic rings. The molecule has 144 valence electrons. The molecule has 1 aromatic carbocycles. The monoisotopic (exact) mass is 366 g/mol. The van der Waals surface area contributed by atoms with Crippen molar-refractivity contribution in [2.24, 2.45) is 0 Å². The van der Waals surface area contributed by atoms with Crippen LogP contribution in [0.25, 0.3) is 0 Å². The second-order valence-electron chi connectivity index (χ2n) is 7.57. The number of pyridine rings is 1. The molecule has 2 heterocycles. The summed E-state index contributed by atoms with van der Waals surface area (Å²) in [4.78, 5) is 21.3. The smallest absolute Gasteiger partial charge is 0.318 e. The molecule has 1 N–H and O–H groups in total. The van der Waals surface area contributed by atoms with E-state index >= 15 is 0 Å². The molecule has 1 aromatic heterocycles. The molecule has 0 radical (unpaired) electrons. The van der Waals surface area contributed by atoms with E-state index in [4.69, 9.17) is 0 Å². The van der Waals surface area contributed by atoms with Crippen LogP contribution in [0.3, 0.4) is 0 Å². The highest BCUT2D eigenvalue weighted by Gasteiger charge is 2.24. The normalized spacial score (nSPS) is 15.7. The van der Waals surface area contributed by atoms with Gasteiger partial charge in [-0.05, 0) is 43.9 Å². The zero-order chi connectivity index (χ0) is 19.1.